The maximum Gasteiger partial charge on any atom is 0.118 e. The summed E-state index contributed by atoms with van der Waals surface area (Å²) in [6, 6.07) is 7.28. The van der Waals surface area contributed by atoms with E-state index in [9.17, 15) is 10.2 Å². The molecule has 0 aromatic heterocycles. The molecule has 0 unspecified atom stereocenters. The van der Waals surface area contributed by atoms with Crippen LogP contribution in [0.4, 0.5) is 0 Å². The van der Waals surface area contributed by atoms with Crippen LogP contribution in [0.25, 0.3) is 0 Å². The molecule has 0 saturated carbocycles. The van der Waals surface area contributed by atoms with Crippen LogP contribution in [-0.4, -0.2) is 16.3 Å². The smallest absolute Gasteiger partial charge is 0.118 e. The third-order valence-electron chi connectivity index (χ3n) is 3.21. The van der Waals surface area contributed by atoms with Gasteiger partial charge in [0.05, 0.1) is 6.10 Å². The number of aliphatic hydroxyl groups excluding tert-OH is 1. The molecule has 1 rings (SSSR count). The fourth-order valence-electron chi connectivity index (χ4n) is 1.77. The lowest BCUT2D eigenvalue weighted by atomic mass is 9.94. The third-order valence-corrected chi connectivity index (χ3v) is 3.21. The number of rotatable bonds is 6. The molecule has 0 amide bonds. The lowest BCUT2D eigenvalue weighted by Gasteiger charge is -2.16. The number of allylic oxidation sites excluding steroid dienone is 1. The third kappa shape index (κ3) is 4.61. The lowest BCUT2D eigenvalue weighted by Crippen LogP contribution is -2.13. The van der Waals surface area contributed by atoms with Crippen molar-refractivity contribution in [1.82, 2.24) is 0 Å². The molecule has 0 aliphatic carbocycles. The number of aromatic hydroxyl groups is 1. The topological polar surface area (TPSA) is 40.5 Å². The van der Waals surface area contributed by atoms with Crippen LogP contribution in [0, 0.1) is 5.92 Å². The van der Waals surface area contributed by atoms with E-state index in [1.54, 1.807) is 12.1 Å². The zero-order valence-electron chi connectivity index (χ0n) is 10.7. The summed E-state index contributed by atoms with van der Waals surface area (Å²) >= 11 is 0. The molecule has 2 N–H and O–H groups in total. The van der Waals surface area contributed by atoms with Crippen LogP contribution in [0.2, 0.25) is 0 Å². The molecule has 0 spiro atoms. The van der Waals surface area contributed by atoms with Gasteiger partial charge in [-0.2, -0.15) is 0 Å². The molecular formula is C15H22O2. The van der Waals surface area contributed by atoms with Crippen LogP contribution in [-0.2, 0) is 6.42 Å². The van der Waals surface area contributed by atoms with Gasteiger partial charge in [0.15, 0.2) is 0 Å². The summed E-state index contributed by atoms with van der Waals surface area (Å²) in [7, 11) is 0. The van der Waals surface area contributed by atoms with Crippen LogP contribution in [0.5, 0.6) is 5.75 Å². The Labute approximate surface area is 104 Å². The Kier molecular flexibility index (Phi) is 5.23. The zero-order valence-corrected chi connectivity index (χ0v) is 10.7. The molecule has 1 aromatic rings. The molecule has 0 aliphatic rings. The zero-order chi connectivity index (χ0) is 12.8. The molecule has 17 heavy (non-hydrogen) atoms. The van der Waals surface area contributed by atoms with E-state index in [4.69, 9.17) is 0 Å². The van der Waals surface area contributed by atoms with E-state index in [1.807, 2.05) is 19.1 Å². The largest absolute Gasteiger partial charge is 0.508 e. The van der Waals surface area contributed by atoms with Crippen LogP contribution in [0.3, 0.4) is 0 Å². The highest BCUT2D eigenvalue weighted by atomic mass is 16.3. The fourth-order valence-corrected chi connectivity index (χ4v) is 1.77. The van der Waals surface area contributed by atoms with Gasteiger partial charge in [-0.1, -0.05) is 37.3 Å². The minimum absolute atomic E-state index is 0.313. The van der Waals surface area contributed by atoms with Gasteiger partial charge in [-0.15, -0.1) is 0 Å². The van der Waals surface area contributed by atoms with Gasteiger partial charge in [-0.3, -0.25) is 0 Å². The van der Waals surface area contributed by atoms with E-state index in [1.165, 1.54) is 0 Å². The van der Waals surface area contributed by atoms with Crippen molar-refractivity contribution in [3.8, 4) is 5.75 Å². The van der Waals surface area contributed by atoms with E-state index < -0.39 is 0 Å². The number of phenolic OH excluding ortho intramolecular Hbond substituents is 1. The van der Waals surface area contributed by atoms with E-state index in [0.717, 1.165) is 17.6 Å². The Morgan fingerprint density at radius 1 is 1.35 bits per heavy atom. The molecule has 0 bridgehead atoms. The Balaban J connectivity index is 2.41. The van der Waals surface area contributed by atoms with Gasteiger partial charge in [-0.05, 0) is 43.7 Å². The second-order valence-corrected chi connectivity index (χ2v) is 4.80. The van der Waals surface area contributed by atoms with Crippen molar-refractivity contribution in [1.29, 1.82) is 0 Å². The highest BCUT2D eigenvalue weighted by molar-refractivity contribution is 5.31. The summed E-state index contributed by atoms with van der Waals surface area (Å²) in [4.78, 5) is 0. The minimum Gasteiger partial charge on any atom is -0.508 e. The first-order valence-corrected chi connectivity index (χ1v) is 6.11. The first-order chi connectivity index (χ1) is 8.00. The summed E-state index contributed by atoms with van der Waals surface area (Å²) in [5, 5.41) is 19.5. The van der Waals surface area contributed by atoms with E-state index in [0.29, 0.717) is 24.5 Å². The Bertz CT molecular complexity index is 371. The highest BCUT2D eigenvalue weighted by Gasteiger charge is 2.11. The van der Waals surface area contributed by atoms with Crippen molar-refractivity contribution in [2.24, 2.45) is 5.92 Å². The number of aryl methyl sites for hydroxylation is 1. The molecule has 2 atom stereocenters. The first-order valence-electron chi connectivity index (χ1n) is 6.11. The van der Waals surface area contributed by atoms with Crippen molar-refractivity contribution >= 4 is 0 Å². The van der Waals surface area contributed by atoms with E-state index in [-0.39, 0.29) is 6.10 Å². The molecule has 0 fully saturated rings. The van der Waals surface area contributed by atoms with Crippen LogP contribution < -0.4 is 0 Å². The molecule has 1 aromatic carbocycles. The molecule has 0 heterocycles. The van der Waals surface area contributed by atoms with Crippen molar-refractivity contribution in [2.75, 3.05) is 0 Å². The summed E-state index contributed by atoms with van der Waals surface area (Å²) < 4.78 is 0. The van der Waals surface area contributed by atoms with Crippen LogP contribution in [0.15, 0.2) is 36.4 Å². The van der Waals surface area contributed by atoms with Crippen LogP contribution in [0.1, 0.15) is 32.3 Å². The summed E-state index contributed by atoms with van der Waals surface area (Å²) in [5.74, 6) is 0.655. The molecule has 2 nitrogen and oxygen atoms in total. The second kappa shape index (κ2) is 6.45. The molecule has 0 saturated heterocycles. The van der Waals surface area contributed by atoms with E-state index in [2.05, 4.69) is 13.5 Å². The average molecular weight is 234 g/mol. The standard InChI is InChI=1S/C15H22O2/c1-11(2)12(3)10-14(16)9-8-13-6-4-5-7-15(13)17/h4-7,12,14,16-17H,1,8-10H2,2-3H3/t12-,14+/m0/s1. The second-order valence-electron chi connectivity index (χ2n) is 4.80. The fraction of sp³-hybridized carbons (Fsp3) is 0.467. The number of aliphatic hydroxyl groups is 1. The van der Waals surface area contributed by atoms with E-state index >= 15 is 0 Å². The Morgan fingerprint density at radius 2 is 2.00 bits per heavy atom. The van der Waals surface area contributed by atoms with Gasteiger partial charge >= 0.3 is 0 Å². The summed E-state index contributed by atoms with van der Waals surface area (Å²) in [6.07, 6.45) is 1.79. The normalized spacial score (nSPS) is 14.3. The van der Waals surface area contributed by atoms with Gasteiger partial charge in [0, 0.05) is 0 Å². The summed E-state index contributed by atoms with van der Waals surface area (Å²) in [5.41, 5.74) is 2.00. The number of hydrogen-bond acceptors (Lipinski definition) is 2. The quantitative estimate of drug-likeness (QED) is 0.741. The molecule has 0 radical (unpaired) electrons. The van der Waals surface area contributed by atoms with Gasteiger partial charge in [0.25, 0.3) is 0 Å². The van der Waals surface area contributed by atoms with Gasteiger partial charge in [-0.25, -0.2) is 0 Å². The number of para-hydroxylation sites is 1. The van der Waals surface area contributed by atoms with Gasteiger partial charge in [0.2, 0.25) is 0 Å². The molecular weight excluding hydrogens is 212 g/mol. The minimum atomic E-state index is -0.332. The monoisotopic (exact) mass is 234 g/mol. The molecule has 94 valence electrons. The predicted molar refractivity (Wildman–Crippen MR) is 71.0 cm³/mol. The first kappa shape index (κ1) is 13.8. The lowest BCUT2D eigenvalue weighted by molar-refractivity contribution is 0.142. The predicted octanol–water partition coefficient (Wildman–Crippen LogP) is 3.29. The van der Waals surface area contributed by atoms with Crippen molar-refractivity contribution in [3.63, 3.8) is 0 Å². The van der Waals surface area contributed by atoms with Crippen LogP contribution >= 0.6 is 0 Å². The van der Waals surface area contributed by atoms with Gasteiger partial charge < -0.3 is 10.2 Å². The maximum atomic E-state index is 9.90. The highest BCUT2D eigenvalue weighted by Crippen LogP contribution is 2.21. The average Bonchev–Trinajstić information content (AvgIpc) is 2.27. The van der Waals surface area contributed by atoms with Crippen molar-refractivity contribution in [2.45, 2.75) is 39.2 Å². The Hall–Kier alpha value is -1.28. The maximum absolute atomic E-state index is 9.90. The number of benzene rings is 1. The van der Waals surface area contributed by atoms with Gasteiger partial charge in [0.1, 0.15) is 5.75 Å². The Morgan fingerprint density at radius 3 is 2.59 bits per heavy atom. The number of phenols is 1. The van der Waals surface area contributed by atoms with Crippen molar-refractivity contribution in [3.05, 3.63) is 42.0 Å². The molecule has 0 aliphatic heterocycles. The SMILES string of the molecule is C=C(C)[C@@H](C)C[C@H](O)CCc1ccccc1O. The van der Waals surface area contributed by atoms with Crippen molar-refractivity contribution < 1.29 is 10.2 Å². The molecule has 2 heteroatoms. The number of hydrogen-bond donors (Lipinski definition) is 2. The summed E-state index contributed by atoms with van der Waals surface area (Å²) in [6.45, 7) is 7.95.